The zero-order valence-corrected chi connectivity index (χ0v) is 14.3. The number of hydrogen-bond acceptors (Lipinski definition) is 6. The Bertz CT molecular complexity index is 835. The van der Waals surface area contributed by atoms with Crippen LogP contribution in [0.1, 0.15) is 12.0 Å². The van der Waals surface area contributed by atoms with Crippen LogP contribution in [0.3, 0.4) is 0 Å². The van der Waals surface area contributed by atoms with Crippen LogP contribution in [0.2, 0.25) is 0 Å². The molecule has 24 heavy (non-hydrogen) atoms. The molecule has 2 N–H and O–H groups in total. The van der Waals surface area contributed by atoms with Gasteiger partial charge in [0.1, 0.15) is 17.7 Å². The largest absolute Gasteiger partial charge is 0.489 e. The number of nitrogens with one attached hydrogen (secondary N) is 2. The molecule has 1 aliphatic heterocycles. The number of benzene rings is 1. The van der Waals surface area contributed by atoms with E-state index < -0.39 is 26.6 Å². The minimum Gasteiger partial charge on any atom is -0.489 e. The van der Waals surface area contributed by atoms with Crippen molar-refractivity contribution in [1.29, 1.82) is 0 Å². The van der Waals surface area contributed by atoms with E-state index in [9.17, 15) is 17.2 Å². The van der Waals surface area contributed by atoms with Crippen molar-refractivity contribution in [3.05, 3.63) is 34.8 Å². The molecular formula is C14H15F2N3O3S2. The molecule has 0 amide bonds. The van der Waals surface area contributed by atoms with E-state index in [4.69, 9.17) is 4.74 Å². The number of ether oxygens (including phenoxy) is 1. The van der Waals surface area contributed by atoms with E-state index in [1.165, 1.54) is 13.1 Å². The SMILES string of the molecule is Cc1c(OC2CCNC2)cc(F)c(S(=O)(=O)Nc2nccs2)c1F. The monoisotopic (exact) mass is 375 g/mol. The van der Waals surface area contributed by atoms with Gasteiger partial charge in [0, 0.05) is 29.8 Å². The Morgan fingerprint density at radius 3 is 2.88 bits per heavy atom. The Hall–Kier alpha value is -1.78. The van der Waals surface area contributed by atoms with Gasteiger partial charge in [0.25, 0.3) is 10.0 Å². The lowest BCUT2D eigenvalue weighted by atomic mass is 10.2. The summed E-state index contributed by atoms with van der Waals surface area (Å²) >= 11 is 1.01. The van der Waals surface area contributed by atoms with Crippen molar-refractivity contribution >= 4 is 26.5 Å². The molecule has 1 aromatic carbocycles. The highest BCUT2D eigenvalue weighted by molar-refractivity contribution is 7.93. The highest BCUT2D eigenvalue weighted by Crippen LogP contribution is 2.31. The van der Waals surface area contributed by atoms with Crippen LogP contribution in [0, 0.1) is 18.6 Å². The number of halogens is 2. The van der Waals surface area contributed by atoms with E-state index in [0.717, 1.165) is 23.9 Å². The Balaban J connectivity index is 1.95. The van der Waals surface area contributed by atoms with Crippen molar-refractivity contribution in [2.45, 2.75) is 24.3 Å². The molecule has 2 aromatic rings. The third-order valence-electron chi connectivity index (χ3n) is 3.60. The number of nitrogens with zero attached hydrogens (tertiary/aromatic N) is 1. The highest BCUT2D eigenvalue weighted by atomic mass is 32.2. The second-order valence-electron chi connectivity index (χ2n) is 5.30. The molecule has 6 nitrogen and oxygen atoms in total. The summed E-state index contributed by atoms with van der Waals surface area (Å²) in [4.78, 5) is 2.71. The molecule has 0 radical (unpaired) electrons. The second kappa shape index (κ2) is 6.61. The van der Waals surface area contributed by atoms with Gasteiger partial charge in [-0.1, -0.05) is 0 Å². The van der Waals surface area contributed by atoms with Gasteiger partial charge in [-0.05, 0) is 19.9 Å². The van der Waals surface area contributed by atoms with Gasteiger partial charge < -0.3 is 10.1 Å². The molecule has 0 bridgehead atoms. The molecule has 130 valence electrons. The fourth-order valence-corrected chi connectivity index (χ4v) is 4.37. The summed E-state index contributed by atoms with van der Waals surface area (Å²) in [6.07, 6.45) is 1.90. The van der Waals surface area contributed by atoms with Gasteiger partial charge in [-0.3, -0.25) is 4.72 Å². The molecule has 0 spiro atoms. The van der Waals surface area contributed by atoms with Gasteiger partial charge in [0.15, 0.2) is 15.8 Å². The highest BCUT2D eigenvalue weighted by Gasteiger charge is 2.29. The first-order valence-corrected chi connectivity index (χ1v) is 9.53. The van der Waals surface area contributed by atoms with Crippen LogP contribution in [-0.2, 0) is 10.0 Å². The van der Waals surface area contributed by atoms with Crippen LogP contribution in [0.4, 0.5) is 13.9 Å². The van der Waals surface area contributed by atoms with Crippen LogP contribution in [0.5, 0.6) is 5.75 Å². The zero-order chi connectivity index (χ0) is 17.3. The van der Waals surface area contributed by atoms with Gasteiger partial charge in [-0.15, -0.1) is 11.3 Å². The van der Waals surface area contributed by atoms with Crippen molar-refractivity contribution < 1.29 is 21.9 Å². The van der Waals surface area contributed by atoms with Crippen LogP contribution < -0.4 is 14.8 Å². The van der Waals surface area contributed by atoms with Gasteiger partial charge in [-0.2, -0.15) is 0 Å². The maximum absolute atomic E-state index is 14.5. The standard InChI is InChI=1S/C14H15F2N3O3S2/c1-8-11(22-9-2-3-17-7-9)6-10(15)13(12(8)16)24(20,21)19-14-18-4-5-23-14/h4-6,9,17H,2-3,7H2,1H3,(H,18,19). The number of rotatable bonds is 5. The zero-order valence-electron chi connectivity index (χ0n) is 12.7. The summed E-state index contributed by atoms with van der Waals surface area (Å²) in [6, 6.07) is 0.910. The summed E-state index contributed by atoms with van der Waals surface area (Å²) in [5, 5.41) is 4.65. The molecule has 2 heterocycles. The van der Waals surface area contributed by atoms with Crippen molar-refractivity contribution in [2.75, 3.05) is 17.8 Å². The quantitative estimate of drug-likeness (QED) is 0.838. The normalized spacial score (nSPS) is 17.9. The van der Waals surface area contributed by atoms with Gasteiger partial charge in [-0.25, -0.2) is 22.2 Å². The Labute approximate surface area is 141 Å². The second-order valence-corrected chi connectivity index (χ2v) is 7.81. The minimum atomic E-state index is -4.43. The smallest absolute Gasteiger partial charge is 0.269 e. The van der Waals surface area contributed by atoms with E-state index in [1.807, 2.05) is 0 Å². The molecule has 1 fully saturated rings. The summed E-state index contributed by atoms with van der Waals surface area (Å²) in [7, 11) is -4.43. The van der Waals surface area contributed by atoms with Crippen LogP contribution >= 0.6 is 11.3 Å². The lowest BCUT2D eigenvalue weighted by Crippen LogP contribution is -2.21. The molecule has 1 saturated heterocycles. The lowest BCUT2D eigenvalue weighted by molar-refractivity contribution is 0.218. The first-order chi connectivity index (χ1) is 11.4. The average molecular weight is 375 g/mol. The summed E-state index contributed by atoms with van der Waals surface area (Å²) in [6.45, 7) is 2.70. The fourth-order valence-electron chi connectivity index (χ4n) is 2.39. The number of thiazole rings is 1. The summed E-state index contributed by atoms with van der Waals surface area (Å²) in [5.41, 5.74) is -0.0530. The van der Waals surface area contributed by atoms with Gasteiger partial charge in [0.2, 0.25) is 0 Å². The Kier molecular flexibility index (Phi) is 4.70. The number of anilines is 1. The summed E-state index contributed by atoms with van der Waals surface area (Å²) < 4.78 is 61.1. The van der Waals surface area contributed by atoms with E-state index >= 15 is 0 Å². The predicted molar refractivity (Wildman–Crippen MR) is 85.9 cm³/mol. The van der Waals surface area contributed by atoms with Crippen molar-refractivity contribution in [3.63, 3.8) is 0 Å². The molecule has 1 unspecified atom stereocenters. The van der Waals surface area contributed by atoms with Crippen LogP contribution in [-0.4, -0.2) is 32.6 Å². The Morgan fingerprint density at radius 2 is 2.25 bits per heavy atom. The first kappa shape index (κ1) is 17.1. The van der Waals surface area contributed by atoms with Crippen molar-refractivity contribution in [3.8, 4) is 5.75 Å². The molecule has 1 atom stereocenters. The third-order valence-corrected chi connectivity index (χ3v) is 5.80. The molecule has 0 saturated carbocycles. The molecule has 0 aliphatic carbocycles. The average Bonchev–Trinajstić information content (AvgIpc) is 3.17. The molecule has 3 rings (SSSR count). The number of sulfonamides is 1. The molecular weight excluding hydrogens is 360 g/mol. The maximum Gasteiger partial charge on any atom is 0.269 e. The van der Waals surface area contributed by atoms with E-state index in [0.29, 0.717) is 13.0 Å². The predicted octanol–water partition coefficient (Wildman–Crippen LogP) is 2.27. The van der Waals surface area contributed by atoms with Gasteiger partial charge in [0.05, 0.1) is 0 Å². The molecule has 10 heteroatoms. The lowest BCUT2D eigenvalue weighted by Gasteiger charge is -2.17. The number of aromatic nitrogens is 1. The Morgan fingerprint density at radius 1 is 1.46 bits per heavy atom. The number of hydrogen-bond donors (Lipinski definition) is 2. The maximum atomic E-state index is 14.5. The van der Waals surface area contributed by atoms with E-state index in [-0.39, 0.29) is 22.5 Å². The van der Waals surface area contributed by atoms with Crippen LogP contribution in [0.25, 0.3) is 0 Å². The van der Waals surface area contributed by atoms with Crippen molar-refractivity contribution in [1.82, 2.24) is 10.3 Å². The van der Waals surface area contributed by atoms with E-state index in [2.05, 4.69) is 15.0 Å². The molecule has 1 aromatic heterocycles. The minimum absolute atomic E-state index is 0.00639. The van der Waals surface area contributed by atoms with Crippen molar-refractivity contribution in [2.24, 2.45) is 0 Å². The topological polar surface area (TPSA) is 80.3 Å². The van der Waals surface area contributed by atoms with Crippen LogP contribution in [0.15, 0.2) is 22.5 Å². The summed E-state index contributed by atoms with van der Waals surface area (Å²) in [5.74, 6) is -2.37. The van der Waals surface area contributed by atoms with E-state index in [1.54, 1.807) is 5.38 Å². The fraction of sp³-hybridized carbons (Fsp3) is 0.357. The third kappa shape index (κ3) is 3.35. The first-order valence-electron chi connectivity index (χ1n) is 7.17. The van der Waals surface area contributed by atoms with Gasteiger partial charge >= 0.3 is 0 Å². The molecule has 1 aliphatic rings.